The highest BCUT2D eigenvalue weighted by Gasteiger charge is 2.18. The molecule has 7 nitrogen and oxygen atoms in total. The maximum Gasteiger partial charge on any atom is 0.276 e. The minimum absolute atomic E-state index is 0.00861. The summed E-state index contributed by atoms with van der Waals surface area (Å²) in [7, 11) is 0. The number of thiazole rings is 1. The monoisotopic (exact) mass is 436 g/mol. The lowest BCUT2D eigenvalue weighted by Gasteiger charge is -2.03. The molecular formula is C21H13ClN4O3S. The van der Waals surface area contributed by atoms with Crippen molar-refractivity contribution in [3.05, 3.63) is 93.8 Å². The fraction of sp³-hybridized carbons (Fsp3) is 0. The van der Waals surface area contributed by atoms with Crippen molar-refractivity contribution in [3.8, 4) is 21.7 Å². The Balaban J connectivity index is 1.74. The number of anilines is 1. The van der Waals surface area contributed by atoms with E-state index in [1.54, 1.807) is 42.5 Å². The van der Waals surface area contributed by atoms with Crippen molar-refractivity contribution in [2.24, 2.45) is 0 Å². The van der Waals surface area contributed by atoms with Crippen LogP contribution in [0.5, 0.6) is 0 Å². The maximum atomic E-state index is 12.5. The Morgan fingerprint density at radius 1 is 1.00 bits per heavy atom. The Morgan fingerprint density at radius 3 is 2.33 bits per heavy atom. The van der Waals surface area contributed by atoms with Gasteiger partial charge in [-0.05, 0) is 42.0 Å². The van der Waals surface area contributed by atoms with Gasteiger partial charge in [-0.3, -0.25) is 25.2 Å². The summed E-state index contributed by atoms with van der Waals surface area (Å²) < 4.78 is 0. The number of aromatic nitrogens is 2. The normalized spacial score (nSPS) is 10.6. The number of rotatable bonds is 5. The van der Waals surface area contributed by atoms with Gasteiger partial charge in [-0.2, -0.15) is 0 Å². The van der Waals surface area contributed by atoms with Gasteiger partial charge < -0.3 is 0 Å². The van der Waals surface area contributed by atoms with Gasteiger partial charge in [0.15, 0.2) is 5.13 Å². The topological polar surface area (TPSA) is 98.0 Å². The minimum Gasteiger partial charge on any atom is -0.296 e. The van der Waals surface area contributed by atoms with Crippen LogP contribution in [0.1, 0.15) is 10.5 Å². The van der Waals surface area contributed by atoms with Crippen molar-refractivity contribution in [3.63, 3.8) is 0 Å². The molecule has 2 aromatic carbocycles. The van der Waals surface area contributed by atoms with Crippen LogP contribution >= 0.6 is 22.9 Å². The van der Waals surface area contributed by atoms with E-state index in [4.69, 9.17) is 11.6 Å². The zero-order chi connectivity index (χ0) is 21.1. The van der Waals surface area contributed by atoms with Crippen LogP contribution in [-0.2, 0) is 0 Å². The second-order valence-electron chi connectivity index (χ2n) is 6.18. The van der Waals surface area contributed by atoms with Crippen LogP contribution in [0, 0.1) is 10.1 Å². The molecule has 0 bridgehead atoms. The Hall–Kier alpha value is -3.62. The number of hydrogen-bond acceptors (Lipinski definition) is 6. The molecule has 148 valence electrons. The first-order valence-corrected chi connectivity index (χ1v) is 9.94. The number of hydrogen-bond donors (Lipinski definition) is 1. The zero-order valence-electron chi connectivity index (χ0n) is 15.3. The highest BCUT2D eigenvalue weighted by atomic mass is 35.5. The van der Waals surface area contributed by atoms with E-state index in [2.05, 4.69) is 15.3 Å². The van der Waals surface area contributed by atoms with Crippen LogP contribution in [0.3, 0.4) is 0 Å². The molecule has 0 spiro atoms. The van der Waals surface area contributed by atoms with Crippen molar-refractivity contribution in [1.29, 1.82) is 0 Å². The molecule has 9 heteroatoms. The second kappa shape index (κ2) is 8.40. The van der Waals surface area contributed by atoms with Crippen LogP contribution in [-0.4, -0.2) is 20.8 Å². The third-order valence-electron chi connectivity index (χ3n) is 4.20. The number of carbonyl (C=O) groups excluding carboxylic acids is 1. The van der Waals surface area contributed by atoms with E-state index in [1.165, 1.54) is 29.7 Å². The zero-order valence-corrected chi connectivity index (χ0v) is 16.9. The Labute approximate surface area is 180 Å². The number of amides is 1. The molecule has 0 aliphatic heterocycles. The van der Waals surface area contributed by atoms with Gasteiger partial charge in [0.25, 0.3) is 11.6 Å². The van der Waals surface area contributed by atoms with E-state index in [-0.39, 0.29) is 17.3 Å². The fourth-order valence-corrected chi connectivity index (χ4v) is 3.88. The van der Waals surface area contributed by atoms with Crippen LogP contribution in [0.2, 0.25) is 5.02 Å². The van der Waals surface area contributed by atoms with Gasteiger partial charge in [-0.15, -0.1) is 0 Å². The lowest BCUT2D eigenvalue weighted by atomic mass is 10.1. The molecule has 0 unspecified atom stereocenters. The summed E-state index contributed by atoms with van der Waals surface area (Å²) in [6.45, 7) is 0. The molecule has 0 aliphatic rings. The molecular weight excluding hydrogens is 424 g/mol. The average Bonchev–Trinajstić information content (AvgIpc) is 3.18. The number of nitro groups is 1. The molecule has 2 heterocycles. The molecule has 0 saturated carbocycles. The molecule has 0 fully saturated rings. The van der Waals surface area contributed by atoms with Crippen LogP contribution in [0.25, 0.3) is 21.7 Å². The van der Waals surface area contributed by atoms with Gasteiger partial charge in [0.05, 0.1) is 15.5 Å². The van der Waals surface area contributed by atoms with Crippen LogP contribution in [0.4, 0.5) is 10.8 Å². The van der Waals surface area contributed by atoms with E-state index in [1.807, 2.05) is 12.1 Å². The average molecular weight is 437 g/mol. The van der Waals surface area contributed by atoms with Crippen molar-refractivity contribution in [1.82, 2.24) is 9.97 Å². The number of nitrogens with one attached hydrogen (secondary N) is 1. The predicted octanol–water partition coefficient (Wildman–Crippen LogP) is 5.69. The molecule has 0 saturated heterocycles. The van der Waals surface area contributed by atoms with Crippen LogP contribution in [0.15, 0.2) is 72.9 Å². The number of non-ortho nitro benzene ring substituents is 1. The van der Waals surface area contributed by atoms with Crippen molar-refractivity contribution in [2.45, 2.75) is 0 Å². The standard InChI is InChI=1S/C21H13ClN4O3S/c22-15-8-4-14(5-9-15)19-18(13-6-10-16(11-7-13)26(28)29)24-21(30-19)25-20(27)17-3-1-2-12-23-17/h1-12H,(H,24,25,27). The van der Waals surface area contributed by atoms with E-state index >= 15 is 0 Å². The van der Waals surface area contributed by atoms with Crippen molar-refractivity contribution >= 4 is 39.7 Å². The number of pyridine rings is 1. The number of benzene rings is 2. The molecule has 0 radical (unpaired) electrons. The number of nitrogens with zero attached hydrogens (tertiary/aromatic N) is 3. The van der Waals surface area contributed by atoms with Gasteiger partial charge in [0.1, 0.15) is 5.69 Å². The Morgan fingerprint density at radius 2 is 1.70 bits per heavy atom. The number of carbonyl (C=O) groups is 1. The Kier molecular flexibility index (Phi) is 5.51. The molecule has 1 amide bonds. The van der Waals surface area contributed by atoms with Gasteiger partial charge in [-0.1, -0.05) is 41.1 Å². The highest BCUT2D eigenvalue weighted by Crippen LogP contribution is 2.39. The first-order valence-electron chi connectivity index (χ1n) is 8.75. The smallest absolute Gasteiger partial charge is 0.276 e. The highest BCUT2D eigenvalue weighted by molar-refractivity contribution is 7.19. The third-order valence-corrected chi connectivity index (χ3v) is 5.47. The molecule has 30 heavy (non-hydrogen) atoms. The van der Waals surface area contributed by atoms with E-state index in [9.17, 15) is 14.9 Å². The van der Waals surface area contributed by atoms with E-state index in [0.717, 1.165) is 10.4 Å². The van der Waals surface area contributed by atoms with Gasteiger partial charge in [-0.25, -0.2) is 4.98 Å². The summed E-state index contributed by atoms with van der Waals surface area (Å²) in [5.41, 5.74) is 2.43. The molecule has 4 rings (SSSR count). The largest absolute Gasteiger partial charge is 0.296 e. The van der Waals surface area contributed by atoms with Crippen molar-refractivity contribution in [2.75, 3.05) is 5.32 Å². The summed E-state index contributed by atoms with van der Waals surface area (Å²) in [6.07, 6.45) is 1.54. The molecule has 0 aliphatic carbocycles. The number of halogens is 1. The van der Waals surface area contributed by atoms with E-state index in [0.29, 0.717) is 21.4 Å². The predicted molar refractivity (Wildman–Crippen MR) is 117 cm³/mol. The van der Waals surface area contributed by atoms with Gasteiger partial charge in [0, 0.05) is 28.9 Å². The summed E-state index contributed by atoms with van der Waals surface area (Å²) in [5.74, 6) is -0.373. The van der Waals surface area contributed by atoms with Crippen molar-refractivity contribution < 1.29 is 9.72 Å². The van der Waals surface area contributed by atoms with Gasteiger partial charge in [0.2, 0.25) is 0 Å². The summed E-state index contributed by atoms with van der Waals surface area (Å²) in [5, 5.41) is 14.7. The summed E-state index contributed by atoms with van der Waals surface area (Å²) in [6, 6.07) is 18.4. The molecule has 0 atom stereocenters. The quantitative estimate of drug-likeness (QED) is 0.320. The number of nitro benzene ring substituents is 1. The summed E-state index contributed by atoms with van der Waals surface area (Å²) in [4.78, 5) is 32.4. The lowest BCUT2D eigenvalue weighted by Crippen LogP contribution is -2.13. The van der Waals surface area contributed by atoms with Crippen LogP contribution < -0.4 is 5.32 Å². The lowest BCUT2D eigenvalue weighted by molar-refractivity contribution is -0.384. The van der Waals surface area contributed by atoms with E-state index < -0.39 is 4.92 Å². The first kappa shape index (κ1) is 19.7. The van der Waals surface area contributed by atoms with Gasteiger partial charge >= 0.3 is 0 Å². The molecule has 1 N–H and O–H groups in total. The summed E-state index contributed by atoms with van der Waals surface area (Å²) >= 11 is 7.30. The first-order chi connectivity index (χ1) is 14.5. The maximum absolute atomic E-state index is 12.5. The molecule has 2 aromatic heterocycles. The second-order valence-corrected chi connectivity index (χ2v) is 7.61. The minimum atomic E-state index is -0.455. The molecule has 4 aromatic rings. The third kappa shape index (κ3) is 4.19. The SMILES string of the molecule is O=C(Nc1nc(-c2ccc([N+](=O)[O-])cc2)c(-c2ccc(Cl)cc2)s1)c1ccccn1. The fourth-order valence-electron chi connectivity index (χ4n) is 2.77. The Bertz CT molecular complexity index is 1210.